The maximum Gasteiger partial charge on any atom is 0.404 e. The van der Waals surface area contributed by atoms with Crippen LogP contribution in [0.5, 0.6) is 0 Å². The minimum absolute atomic E-state index is 0.218. The van der Waals surface area contributed by atoms with Gasteiger partial charge in [0, 0.05) is 6.42 Å². The fourth-order valence-electron chi connectivity index (χ4n) is 1.58. The molecule has 0 saturated heterocycles. The molecule has 4 N–H and O–H groups in total. The van der Waals surface area contributed by atoms with Crippen LogP contribution in [0.2, 0.25) is 0 Å². The highest BCUT2D eigenvalue weighted by Crippen LogP contribution is 2.13. The molecule has 0 aliphatic carbocycles. The SMILES string of the molecule is CCCCCC(CCCC(=O)ON)OC(N)=O. The van der Waals surface area contributed by atoms with Crippen molar-refractivity contribution in [2.45, 2.75) is 58.0 Å². The predicted octanol–water partition coefficient (Wildman–Crippen LogP) is 1.62. The van der Waals surface area contributed by atoms with Crippen molar-refractivity contribution in [3.05, 3.63) is 0 Å². The Hall–Kier alpha value is -1.30. The normalized spacial score (nSPS) is 11.9. The third-order valence-corrected chi connectivity index (χ3v) is 2.45. The maximum absolute atomic E-state index is 10.8. The van der Waals surface area contributed by atoms with Crippen LogP contribution in [0.4, 0.5) is 4.79 Å². The Morgan fingerprint density at radius 2 is 1.82 bits per heavy atom. The van der Waals surface area contributed by atoms with E-state index in [1.54, 1.807) is 0 Å². The van der Waals surface area contributed by atoms with Gasteiger partial charge in [-0.05, 0) is 25.7 Å². The largest absolute Gasteiger partial charge is 0.446 e. The molecule has 0 aliphatic heterocycles. The zero-order valence-corrected chi connectivity index (χ0v) is 10.3. The highest BCUT2D eigenvalue weighted by atomic mass is 16.7. The Kier molecular flexibility index (Phi) is 9.14. The molecular formula is C11H22N2O4. The van der Waals surface area contributed by atoms with Crippen LogP contribution in [0.15, 0.2) is 0 Å². The van der Waals surface area contributed by atoms with Crippen molar-refractivity contribution in [1.82, 2.24) is 0 Å². The number of carbonyl (C=O) groups excluding carboxylic acids is 2. The lowest BCUT2D eigenvalue weighted by Crippen LogP contribution is -2.23. The van der Waals surface area contributed by atoms with Crippen LogP contribution in [0.25, 0.3) is 0 Å². The fraction of sp³-hybridized carbons (Fsp3) is 0.818. The first kappa shape index (κ1) is 15.7. The van der Waals surface area contributed by atoms with E-state index >= 15 is 0 Å². The molecule has 0 aromatic carbocycles. The van der Waals surface area contributed by atoms with Gasteiger partial charge >= 0.3 is 12.1 Å². The van der Waals surface area contributed by atoms with Crippen LogP contribution in [0.3, 0.4) is 0 Å². The predicted molar refractivity (Wildman–Crippen MR) is 62.7 cm³/mol. The highest BCUT2D eigenvalue weighted by molar-refractivity contribution is 5.68. The molecule has 6 nitrogen and oxygen atoms in total. The molecule has 0 aromatic heterocycles. The second kappa shape index (κ2) is 9.89. The van der Waals surface area contributed by atoms with Gasteiger partial charge in [0.25, 0.3) is 0 Å². The van der Waals surface area contributed by atoms with Crippen molar-refractivity contribution in [3.8, 4) is 0 Å². The van der Waals surface area contributed by atoms with Crippen molar-refractivity contribution in [2.24, 2.45) is 11.6 Å². The minimum atomic E-state index is -0.770. The van der Waals surface area contributed by atoms with Crippen molar-refractivity contribution in [2.75, 3.05) is 0 Å². The third kappa shape index (κ3) is 9.62. The molecule has 0 bridgehead atoms. The molecule has 0 rings (SSSR count). The number of ether oxygens (including phenoxy) is 1. The number of hydrogen-bond acceptors (Lipinski definition) is 5. The molecule has 1 amide bonds. The number of carbonyl (C=O) groups is 2. The van der Waals surface area contributed by atoms with Crippen LogP contribution in [0, 0.1) is 0 Å². The van der Waals surface area contributed by atoms with Crippen molar-refractivity contribution in [1.29, 1.82) is 0 Å². The zero-order chi connectivity index (χ0) is 13.1. The fourth-order valence-corrected chi connectivity index (χ4v) is 1.58. The summed E-state index contributed by atoms with van der Waals surface area (Å²) in [6.07, 6.45) is 4.35. The van der Waals surface area contributed by atoms with E-state index in [-0.39, 0.29) is 12.5 Å². The quantitative estimate of drug-likeness (QED) is 0.475. The first-order valence-electron chi connectivity index (χ1n) is 5.95. The lowest BCUT2D eigenvalue weighted by atomic mass is 10.1. The summed E-state index contributed by atoms with van der Waals surface area (Å²) < 4.78 is 4.97. The summed E-state index contributed by atoms with van der Waals surface area (Å²) >= 11 is 0. The molecule has 0 heterocycles. The van der Waals surface area contributed by atoms with Gasteiger partial charge in [0.2, 0.25) is 0 Å². The lowest BCUT2D eigenvalue weighted by molar-refractivity contribution is -0.144. The molecule has 0 saturated carbocycles. The van der Waals surface area contributed by atoms with E-state index in [0.717, 1.165) is 25.7 Å². The van der Waals surface area contributed by atoms with Crippen LogP contribution in [-0.4, -0.2) is 18.2 Å². The number of unbranched alkanes of at least 4 members (excludes halogenated alkanes) is 2. The second-order valence-electron chi connectivity index (χ2n) is 3.94. The molecule has 0 spiro atoms. The van der Waals surface area contributed by atoms with E-state index in [1.807, 2.05) is 0 Å². The van der Waals surface area contributed by atoms with E-state index in [0.29, 0.717) is 12.8 Å². The van der Waals surface area contributed by atoms with E-state index in [4.69, 9.17) is 16.4 Å². The minimum Gasteiger partial charge on any atom is -0.446 e. The number of nitrogens with two attached hydrogens (primary N) is 2. The first-order chi connectivity index (χ1) is 8.10. The van der Waals surface area contributed by atoms with Crippen molar-refractivity contribution in [3.63, 3.8) is 0 Å². The van der Waals surface area contributed by atoms with Gasteiger partial charge in [0.15, 0.2) is 0 Å². The summed E-state index contributed by atoms with van der Waals surface area (Å²) in [7, 11) is 0. The summed E-state index contributed by atoms with van der Waals surface area (Å²) in [4.78, 5) is 25.5. The van der Waals surface area contributed by atoms with Gasteiger partial charge in [-0.1, -0.05) is 19.8 Å². The Balaban J connectivity index is 3.83. The summed E-state index contributed by atoms with van der Waals surface area (Å²) in [5.41, 5.74) is 4.98. The Morgan fingerprint density at radius 3 is 2.35 bits per heavy atom. The third-order valence-electron chi connectivity index (χ3n) is 2.45. The van der Waals surface area contributed by atoms with E-state index in [9.17, 15) is 9.59 Å². The highest BCUT2D eigenvalue weighted by Gasteiger charge is 2.13. The zero-order valence-electron chi connectivity index (χ0n) is 10.3. The number of amides is 1. The molecule has 0 aromatic rings. The molecule has 0 radical (unpaired) electrons. The standard InChI is InChI=1S/C11H22N2O4/c1-2-3-4-6-9(16-11(12)15)7-5-8-10(14)17-13/h9H,2-8,13H2,1H3,(H2,12,15). The van der Waals surface area contributed by atoms with Crippen molar-refractivity contribution >= 4 is 12.1 Å². The van der Waals surface area contributed by atoms with Gasteiger partial charge < -0.3 is 15.3 Å². The van der Waals surface area contributed by atoms with Crippen LogP contribution >= 0.6 is 0 Å². The molecular weight excluding hydrogens is 224 g/mol. The monoisotopic (exact) mass is 246 g/mol. The summed E-state index contributed by atoms with van der Waals surface area (Å²) in [5.74, 6) is 4.25. The van der Waals surface area contributed by atoms with E-state index in [1.165, 1.54) is 0 Å². The van der Waals surface area contributed by atoms with Crippen LogP contribution < -0.4 is 11.6 Å². The molecule has 100 valence electrons. The molecule has 6 heteroatoms. The lowest BCUT2D eigenvalue weighted by Gasteiger charge is -2.15. The Bertz CT molecular complexity index is 234. The molecule has 0 aliphatic rings. The Labute approximate surface area is 102 Å². The Morgan fingerprint density at radius 1 is 1.18 bits per heavy atom. The van der Waals surface area contributed by atoms with Gasteiger partial charge in [0.1, 0.15) is 6.10 Å². The maximum atomic E-state index is 10.8. The summed E-state index contributed by atoms with van der Waals surface area (Å²) in [6, 6.07) is 0. The van der Waals surface area contributed by atoms with Gasteiger partial charge in [-0.2, -0.15) is 5.90 Å². The number of rotatable bonds is 9. The number of hydrogen-bond donors (Lipinski definition) is 2. The molecule has 0 fully saturated rings. The van der Waals surface area contributed by atoms with Crippen molar-refractivity contribution < 1.29 is 19.2 Å². The molecule has 1 atom stereocenters. The second-order valence-corrected chi connectivity index (χ2v) is 3.94. The summed E-state index contributed by atoms with van der Waals surface area (Å²) in [5, 5.41) is 0. The van der Waals surface area contributed by atoms with Crippen LogP contribution in [-0.2, 0) is 14.4 Å². The molecule has 1 unspecified atom stereocenters. The van der Waals surface area contributed by atoms with E-state index in [2.05, 4.69) is 11.8 Å². The van der Waals surface area contributed by atoms with Gasteiger partial charge in [-0.15, -0.1) is 0 Å². The molecule has 17 heavy (non-hydrogen) atoms. The van der Waals surface area contributed by atoms with Gasteiger partial charge in [-0.3, -0.25) is 4.79 Å². The average Bonchev–Trinajstić information content (AvgIpc) is 2.28. The van der Waals surface area contributed by atoms with Crippen LogP contribution in [0.1, 0.15) is 51.9 Å². The topological polar surface area (TPSA) is 105 Å². The first-order valence-corrected chi connectivity index (χ1v) is 5.95. The average molecular weight is 246 g/mol. The number of primary amides is 1. The smallest absolute Gasteiger partial charge is 0.404 e. The van der Waals surface area contributed by atoms with Gasteiger partial charge in [0.05, 0.1) is 0 Å². The summed E-state index contributed by atoms with van der Waals surface area (Å²) in [6.45, 7) is 2.10. The van der Waals surface area contributed by atoms with Gasteiger partial charge in [-0.25, -0.2) is 4.79 Å². The van der Waals surface area contributed by atoms with E-state index < -0.39 is 12.1 Å².